The van der Waals surface area contributed by atoms with E-state index in [4.69, 9.17) is 4.74 Å². The molecule has 6 nitrogen and oxygen atoms in total. The topological polar surface area (TPSA) is 53.1 Å². The maximum absolute atomic E-state index is 13.9. The van der Waals surface area contributed by atoms with E-state index in [2.05, 4.69) is 54.0 Å². The molecule has 3 fully saturated rings. The first-order valence-corrected chi connectivity index (χ1v) is 16.3. The summed E-state index contributed by atoms with van der Waals surface area (Å²) in [5.74, 6) is 1.03. The average molecular weight is 596 g/mol. The Morgan fingerprint density at radius 3 is 2.37 bits per heavy atom. The summed E-state index contributed by atoms with van der Waals surface area (Å²) in [7, 11) is 1.67. The molecule has 0 spiro atoms. The highest BCUT2D eigenvalue weighted by Gasteiger charge is 2.40. The highest BCUT2D eigenvalue weighted by atomic mass is 32.2. The van der Waals surface area contributed by atoms with E-state index in [-0.39, 0.29) is 17.9 Å². The molecule has 2 aliphatic heterocycles. The van der Waals surface area contributed by atoms with Gasteiger partial charge in [-0.25, -0.2) is 0 Å². The fraction of sp³-hybridized carbons (Fsp3) is 0.389. The predicted octanol–water partition coefficient (Wildman–Crippen LogP) is 6.70. The van der Waals surface area contributed by atoms with Gasteiger partial charge in [-0.3, -0.25) is 9.59 Å². The second-order valence-corrected chi connectivity index (χ2v) is 13.3. The molecule has 2 amide bonds. The Labute approximate surface area is 259 Å². The molecule has 3 aromatic rings. The third-order valence-electron chi connectivity index (χ3n) is 9.12. The van der Waals surface area contributed by atoms with E-state index in [1.165, 1.54) is 29.5 Å². The lowest BCUT2D eigenvalue weighted by Crippen LogP contribution is -2.50. The van der Waals surface area contributed by atoms with Gasteiger partial charge >= 0.3 is 0 Å². The number of methoxy groups -OCH3 is 1. The van der Waals surface area contributed by atoms with E-state index >= 15 is 0 Å². The molecule has 7 heteroatoms. The van der Waals surface area contributed by atoms with Gasteiger partial charge < -0.3 is 19.4 Å². The number of ether oxygens (including phenoxy) is 1. The number of benzene rings is 3. The summed E-state index contributed by atoms with van der Waals surface area (Å²) in [6.45, 7) is 7.86. The minimum absolute atomic E-state index is 0.0569. The number of piperazine rings is 1. The molecule has 2 unspecified atom stereocenters. The number of anilines is 1. The number of nitrogens with zero attached hydrogens (tertiary/aromatic N) is 3. The van der Waals surface area contributed by atoms with Crippen LogP contribution in [0.2, 0.25) is 0 Å². The van der Waals surface area contributed by atoms with Crippen molar-refractivity contribution in [3.05, 3.63) is 99.5 Å². The highest BCUT2D eigenvalue weighted by molar-refractivity contribution is 8.04. The Morgan fingerprint density at radius 1 is 0.930 bits per heavy atom. The predicted molar refractivity (Wildman–Crippen MR) is 176 cm³/mol. The molecular weight excluding hydrogens is 554 g/mol. The van der Waals surface area contributed by atoms with Crippen molar-refractivity contribution >= 4 is 35.3 Å². The van der Waals surface area contributed by atoms with Gasteiger partial charge in [0.25, 0.3) is 11.8 Å². The summed E-state index contributed by atoms with van der Waals surface area (Å²) in [5, 5.41) is 0.431. The van der Waals surface area contributed by atoms with E-state index in [1.54, 1.807) is 18.9 Å². The lowest BCUT2D eigenvalue weighted by atomic mass is 9.92. The van der Waals surface area contributed by atoms with Gasteiger partial charge in [-0.15, -0.1) is 11.8 Å². The molecule has 0 bridgehead atoms. The second-order valence-electron chi connectivity index (χ2n) is 12.0. The molecule has 0 N–H and O–H groups in total. The summed E-state index contributed by atoms with van der Waals surface area (Å²) in [6.07, 6.45) is 6.65. The van der Waals surface area contributed by atoms with Crippen LogP contribution in [-0.4, -0.2) is 66.2 Å². The van der Waals surface area contributed by atoms with Crippen molar-refractivity contribution in [2.45, 2.75) is 57.4 Å². The standard InChI is InChI=1S/C36H41N3O3S/c1-25-8-9-26(2)29(22-25)24-39-32-6-4-5-7-33(32)43-34(36(39)41)23-27-10-12-28(13-11-27)35(40)38-20-18-37(19-21-38)30-14-16-31(42-3)17-15-30/h8-17,22-23,32-33H,4-7,18-21,24H2,1-3H3/b34-23-. The first kappa shape index (κ1) is 29.4. The van der Waals surface area contributed by atoms with Gasteiger partial charge in [0.1, 0.15) is 5.75 Å². The van der Waals surface area contributed by atoms with Gasteiger partial charge in [0.15, 0.2) is 0 Å². The molecule has 0 radical (unpaired) electrons. The summed E-state index contributed by atoms with van der Waals surface area (Å²) in [5.41, 5.74) is 6.48. The molecule has 6 rings (SSSR count). The van der Waals surface area contributed by atoms with Crippen LogP contribution >= 0.6 is 11.8 Å². The molecule has 0 aromatic heterocycles. The molecule has 224 valence electrons. The minimum Gasteiger partial charge on any atom is -0.497 e. The van der Waals surface area contributed by atoms with Crippen LogP contribution in [0.5, 0.6) is 5.75 Å². The first-order valence-electron chi connectivity index (χ1n) is 15.4. The van der Waals surface area contributed by atoms with Crippen LogP contribution in [0, 0.1) is 13.8 Å². The molecule has 1 aliphatic carbocycles. The lowest BCUT2D eigenvalue weighted by molar-refractivity contribution is -0.130. The number of aryl methyl sites for hydroxylation is 2. The summed E-state index contributed by atoms with van der Waals surface area (Å²) in [6, 6.07) is 22.6. The molecule has 2 heterocycles. The Hall–Kier alpha value is -3.71. The van der Waals surface area contributed by atoms with Gasteiger partial charge in [0, 0.05) is 55.3 Å². The number of amides is 2. The molecule has 3 aromatic carbocycles. The van der Waals surface area contributed by atoms with Crippen LogP contribution in [-0.2, 0) is 11.3 Å². The maximum atomic E-state index is 13.9. The van der Waals surface area contributed by atoms with E-state index in [1.807, 2.05) is 47.4 Å². The van der Waals surface area contributed by atoms with E-state index in [9.17, 15) is 9.59 Å². The lowest BCUT2D eigenvalue weighted by Gasteiger charge is -2.44. The number of thioether (sulfide) groups is 1. The van der Waals surface area contributed by atoms with Gasteiger partial charge in [-0.2, -0.15) is 0 Å². The number of carbonyl (C=O) groups is 2. The normalized spacial score (nSPS) is 21.6. The SMILES string of the molecule is COc1ccc(N2CCN(C(=O)c3ccc(/C=C4\SC5CCCCC5N(Cc5cc(C)ccc5C)C4=O)cc3)CC2)cc1. The van der Waals surface area contributed by atoms with Crippen LogP contribution in [0.3, 0.4) is 0 Å². The quantitative estimate of drug-likeness (QED) is 0.297. The number of rotatable bonds is 6. The van der Waals surface area contributed by atoms with E-state index in [0.717, 1.165) is 47.8 Å². The van der Waals surface area contributed by atoms with Crippen LogP contribution in [0.4, 0.5) is 5.69 Å². The van der Waals surface area contributed by atoms with Crippen LogP contribution < -0.4 is 9.64 Å². The second kappa shape index (κ2) is 12.9. The van der Waals surface area contributed by atoms with Gasteiger partial charge in [-0.05, 0) is 85.9 Å². The largest absolute Gasteiger partial charge is 0.497 e. The highest BCUT2D eigenvalue weighted by Crippen LogP contribution is 2.43. The number of hydrogen-bond acceptors (Lipinski definition) is 5. The van der Waals surface area contributed by atoms with Crippen molar-refractivity contribution in [2.24, 2.45) is 0 Å². The Bertz CT molecular complexity index is 1490. The van der Waals surface area contributed by atoms with E-state index in [0.29, 0.717) is 30.4 Å². The number of hydrogen-bond donors (Lipinski definition) is 0. The zero-order valence-corrected chi connectivity index (χ0v) is 26.2. The fourth-order valence-corrected chi connectivity index (χ4v) is 8.01. The molecule has 43 heavy (non-hydrogen) atoms. The molecular formula is C36H41N3O3S. The first-order chi connectivity index (χ1) is 20.9. The molecule has 3 aliphatic rings. The third-order valence-corrected chi connectivity index (χ3v) is 10.5. The average Bonchev–Trinajstić information content (AvgIpc) is 3.04. The summed E-state index contributed by atoms with van der Waals surface area (Å²) < 4.78 is 5.27. The van der Waals surface area contributed by atoms with Crippen LogP contribution in [0.15, 0.2) is 71.6 Å². The fourth-order valence-electron chi connectivity index (χ4n) is 6.53. The monoisotopic (exact) mass is 595 g/mol. The Balaban J connectivity index is 1.13. The molecule has 1 saturated carbocycles. The van der Waals surface area contributed by atoms with Crippen molar-refractivity contribution in [2.75, 3.05) is 38.2 Å². The smallest absolute Gasteiger partial charge is 0.260 e. The van der Waals surface area contributed by atoms with Gasteiger partial charge in [0.05, 0.1) is 12.0 Å². The van der Waals surface area contributed by atoms with Gasteiger partial charge in [0.2, 0.25) is 0 Å². The minimum atomic E-state index is 0.0569. The zero-order valence-electron chi connectivity index (χ0n) is 25.4. The van der Waals surface area contributed by atoms with E-state index < -0.39 is 0 Å². The summed E-state index contributed by atoms with van der Waals surface area (Å²) in [4.78, 5) is 34.4. The maximum Gasteiger partial charge on any atom is 0.260 e. The van der Waals surface area contributed by atoms with Crippen molar-refractivity contribution in [3.63, 3.8) is 0 Å². The Morgan fingerprint density at radius 2 is 1.65 bits per heavy atom. The van der Waals surface area contributed by atoms with Crippen molar-refractivity contribution in [1.82, 2.24) is 9.80 Å². The van der Waals surface area contributed by atoms with Crippen LogP contribution in [0.25, 0.3) is 6.08 Å². The van der Waals surface area contributed by atoms with Crippen LogP contribution in [0.1, 0.15) is 58.3 Å². The van der Waals surface area contributed by atoms with Crippen molar-refractivity contribution in [3.8, 4) is 5.75 Å². The molecule has 2 atom stereocenters. The summed E-state index contributed by atoms with van der Waals surface area (Å²) >= 11 is 1.76. The number of carbonyl (C=O) groups excluding carboxylic acids is 2. The zero-order chi connectivity index (χ0) is 29.9. The van der Waals surface area contributed by atoms with Crippen molar-refractivity contribution in [1.29, 1.82) is 0 Å². The van der Waals surface area contributed by atoms with Crippen molar-refractivity contribution < 1.29 is 14.3 Å². The third kappa shape index (κ3) is 6.47. The molecule has 2 saturated heterocycles. The Kier molecular flexibility index (Phi) is 8.80. The number of fused-ring (bicyclic) bond motifs is 1. The van der Waals surface area contributed by atoms with Gasteiger partial charge in [-0.1, -0.05) is 48.7 Å².